The summed E-state index contributed by atoms with van der Waals surface area (Å²) in [7, 11) is 3.94. The number of nitrogens with zero attached hydrogens (tertiary/aromatic N) is 2. The van der Waals surface area contributed by atoms with E-state index in [1.54, 1.807) is 4.90 Å². The molecular formula is C21H24ClN3O2. The maximum Gasteiger partial charge on any atom is 0.229 e. The fourth-order valence-electron chi connectivity index (χ4n) is 3.21. The maximum atomic E-state index is 12.5. The molecule has 0 aromatic heterocycles. The van der Waals surface area contributed by atoms with Gasteiger partial charge in [0.1, 0.15) is 0 Å². The van der Waals surface area contributed by atoms with Crippen molar-refractivity contribution in [2.75, 3.05) is 37.4 Å². The summed E-state index contributed by atoms with van der Waals surface area (Å²) >= 11 is 6.00. The quantitative estimate of drug-likeness (QED) is 0.828. The Morgan fingerprint density at radius 3 is 2.63 bits per heavy atom. The summed E-state index contributed by atoms with van der Waals surface area (Å²) in [5, 5.41) is 3.61. The molecule has 6 heteroatoms. The molecule has 142 valence electrons. The van der Waals surface area contributed by atoms with Gasteiger partial charge in [-0.1, -0.05) is 23.7 Å². The highest BCUT2D eigenvalue weighted by molar-refractivity contribution is 6.30. The summed E-state index contributed by atoms with van der Waals surface area (Å²) < 4.78 is 0. The molecule has 2 amide bonds. The molecule has 2 aromatic rings. The average molecular weight is 386 g/mol. The molecule has 3 rings (SSSR count). The number of hydrogen-bond donors (Lipinski definition) is 1. The summed E-state index contributed by atoms with van der Waals surface area (Å²) in [5.41, 5.74) is 2.90. The Balaban J connectivity index is 1.53. The second-order valence-electron chi connectivity index (χ2n) is 7.05. The van der Waals surface area contributed by atoms with Gasteiger partial charge >= 0.3 is 0 Å². The van der Waals surface area contributed by atoms with E-state index in [1.807, 2.05) is 67.5 Å². The Kier molecular flexibility index (Phi) is 6.01. The van der Waals surface area contributed by atoms with E-state index in [9.17, 15) is 9.59 Å². The van der Waals surface area contributed by atoms with Crippen molar-refractivity contribution in [2.24, 2.45) is 5.92 Å². The van der Waals surface area contributed by atoms with Crippen LogP contribution in [0.15, 0.2) is 48.5 Å². The number of amides is 2. The lowest BCUT2D eigenvalue weighted by Crippen LogP contribution is -2.30. The van der Waals surface area contributed by atoms with Crippen LogP contribution in [0.3, 0.4) is 0 Å². The standard InChI is InChI=1S/C21H24ClN3O2/c1-24(2)19-8-6-18(7-9-19)23-21(27)16-13-20(26)25(14-16)11-10-15-4-3-5-17(22)12-15/h3-9,12,16H,10-11,13-14H2,1-2H3,(H,23,27). The molecule has 1 saturated heterocycles. The molecule has 1 N–H and O–H groups in total. The van der Waals surface area contributed by atoms with Gasteiger partial charge in [0.25, 0.3) is 0 Å². The molecule has 0 saturated carbocycles. The molecule has 1 aliphatic rings. The Labute approximate surface area is 164 Å². The highest BCUT2D eigenvalue weighted by atomic mass is 35.5. The van der Waals surface area contributed by atoms with Crippen LogP contribution in [0.25, 0.3) is 0 Å². The van der Waals surface area contributed by atoms with Crippen LogP contribution in [0.5, 0.6) is 0 Å². The first kappa shape index (κ1) is 19.2. The van der Waals surface area contributed by atoms with Gasteiger partial charge < -0.3 is 15.1 Å². The minimum Gasteiger partial charge on any atom is -0.378 e. The lowest BCUT2D eigenvalue weighted by molar-refractivity contribution is -0.128. The molecule has 1 unspecified atom stereocenters. The van der Waals surface area contributed by atoms with Gasteiger partial charge in [-0.05, 0) is 48.4 Å². The molecule has 0 bridgehead atoms. The van der Waals surface area contributed by atoms with E-state index in [0.717, 1.165) is 23.4 Å². The molecule has 1 aliphatic heterocycles. The van der Waals surface area contributed by atoms with Gasteiger partial charge in [0.15, 0.2) is 0 Å². The molecule has 0 radical (unpaired) electrons. The average Bonchev–Trinajstić information content (AvgIpc) is 3.01. The Morgan fingerprint density at radius 1 is 1.22 bits per heavy atom. The third-order valence-corrected chi connectivity index (χ3v) is 5.03. The first-order valence-electron chi connectivity index (χ1n) is 9.03. The normalized spacial score (nSPS) is 16.5. The van der Waals surface area contributed by atoms with Crippen molar-refractivity contribution in [2.45, 2.75) is 12.8 Å². The Bertz CT molecular complexity index is 820. The van der Waals surface area contributed by atoms with Crippen molar-refractivity contribution in [1.82, 2.24) is 4.90 Å². The van der Waals surface area contributed by atoms with Gasteiger partial charge in [-0.25, -0.2) is 0 Å². The van der Waals surface area contributed by atoms with Crippen LogP contribution >= 0.6 is 11.6 Å². The summed E-state index contributed by atoms with van der Waals surface area (Å²) in [6, 6.07) is 15.3. The number of halogens is 1. The van der Waals surface area contributed by atoms with Gasteiger partial charge in [-0.2, -0.15) is 0 Å². The lowest BCUT2D eigenvalue weighted by Gasteiger charge is -2.17. The van der Waals surface area contributed by atoms with Crippen LogP contribution in [-0.2, 0) is 16.0 Å². The minimum atomic E-state index is -0.314. The van der Waals surface area contributed by atoms with E-state index >= 15 is 0 Å². The number of anilines is 2. The molecule has 1 heterocycles. The fourth-order valence-corrected chi connectivity index (χ4v) is 3.42. The molecule has 5 nitrogen and oxygen atoms in total. The van der Waals surface area contributed by atoms with E-state index in [1.165, 1.54) is 0 Å². The number of carbonyl (C=O) groups is 2. The maximum absolute atomic E-state index is 12.5. The summed E-state index contributed by atoms with van der Waals surface area (Å²) in [5.74, 6) is -0.392. The zero-order valence-electron chi connectivity index (χ0n) is 15.6. The molecular weight excluding hydrogens is 362 g/mol. The second-order valence-corrected chi connectivity index (χ2v) is 7.49. The third kappa shape index (κ3) is 5.01. The van der Waals surface area contributed by atoms with Crippen molar-refractivity contribution >= 4 is 34.8 Å². The summed E-state index contributed by atoms with van der Waals surface area (Å²) in [4.78, 5) is 28.6. The van der Waals surface area contributed by atoms with Gasteiger partial charge in [-0.15, -0.1) is 0 Å². The predicted molar refractivity (Wildman–Crippen MR) is 109 cm³/mol. The highest BCUT2D eigenvalue weighted by Crippen LogP contribution is 2.22. The molecule has 1 atom stereocenters. The highest BCUT2D eigenvalue weighted by Gasteiger charge is 2.34. The van der Waals surface area contributed by atoms with E-state index in [2.05, 4.69) is 5.32 Å². The molecule has 0 spiro atoms. The van der Waals surface area contributed by atoms with Crippen molar-refractivity contribution in [3.63, 3.8) is 0 Å². The number of benzene rings is 2. The van der Waals surface area contributed by atoms with Crippen molar-refractivity contribution < 1.29 is 9.59 Å². The number of likely N-dealkylation sites (tertiary alicyclic amines) is 1. The largest absolute Gasteiger partial charge is 0.378 e. The summed E-state index contributed by atoms with van der Waals surface area (Å²) in [6.45, 7) is 1.06. The third-order valence-electron chi connectivity index (χ3n) is 4.80. The monoisotopic (exact) mass is 385 g/mol. The molecule has 1 fully saturated rings. The topological polar surface area (TPSA) is 52.7 Å². The Hall–Kier alpha value is -2.53. The van der Waals surface area contributed by atoms with Crippen molar-refractivity contribution in [1.29, 1.82) is 0 Å². The van der Waals surface area contributed by atoms with E-state index in [0.29, 0.717) is 18.1 Å². The summed E-state index contributed by atoms with van der Waals surface area (Å²) in [6.07, 6.45) is 0.990. The number of rotatable bonds is 6. The van der Waals surface area contributed by atoms with Crippen LogP contribution in [-0.4, -0.2) is 43.9 Å². The number of hydrogen-bond acceptors (Lipinski definition) is 3. The van der Waals surface area contributed by atoms with E-state index in [4.69, 9.17) is 11.6 Å². The van der Waals surface area contributed by atoms with Gasteiger partial charge in [-0.3, -0.25) is 9.59 Å². The van der Waals surface area contributed by atoms with Gasteiger partial charge in [0.2, 0.25) is 11.8 Å². The number of nitrogens with one attached hydrogen (secondary N) is 1. The lowest BCUT2D eigenvalue weighted by atomic mass is 10.1. The van der Waals surface area contributed by atoms with Crippen LogP contribution in [0.1, 0.15) is 12.0 Å². The first-order valence-corrected chi connectivity index (χ1v) is 9.40. The van der Waals surface area contributed by atoms with Crippen LogP contribution in [0, 0.1) is 5.92 Å². The van der Waals surface area contributed by atoms with Crippen molar-refractivity contribution in [3.8, 4) is 0 Å². The van der Waals surface area contributed by atoms with Crippen LogP contribution in [0.4, 0.5) is 11.4 Å². The zero-order valence-corrected chi connectivity index (χ0v) is 16.4. The molecule has 27 heavy (non-hydrogen) atoms. The minimum absolute atomic E-state index is 0.0279. The molecule has 2 aromatic carbocycles. The Morgan fingerprint density at radius 2 is 1.96 bits per heavy atom. The van der Waals surface area contributed by atoms with Crippen LogP contribution in [0.2, 0.25) is 5.02 Å². The zero-order chi connectivity index (χ0) is 19.4. The smallest absolute Gasteiger partial charge is 0.229 e. The fraction of sp³-hybridized carbons (Fsp3) is 0.333. The van der Waals surface area contributed by atoms with E-state index in [-0.39, 0.29) is 24.2 Å². The number of carbonyl (C=O) groups excluding carboxylic acids is 2. The van der Waals surface area contributed by atoms with Crippen LogP contribution < -0.4 is 10.2 Å². The SMILES string of the molecule is CN(C)c1ccc(NC(=O)C2CC(=O)N(CCc3cccc(Cl)c3)C2)cc1. The predicted octanol–water partition coefficient (Wildman–Crippen LogP) is 3.44. The first-order chi connectivity index (χ1) is 12.9. The van der Waals surface area contributed by atoms with Gasteiger partial charge in [0, 0.05) is 50.0 Å². The molecule has 0 aliphatic carbocycles. The van der Waals surface area contributed by atoms with E-state index < -0.39 is 0 Å². The van der Waals surface area contributed by atoms with Gasteiger partial charge in [0.05, 0.1) is 5.92 Å². The second kappa shape index (κ2) is 8.44. The van der Waals surface area contributed by atoms with Crippen molar-refractivity contribution in [3.05, 3.63) is 59.1 Å².